The third-order valence-corrected chi connectivity index (χ3v) is 3.83. The number of nitrogens with one attached hydrogen (secondary N) is 1. The summed E-state index contributed by atoms with van der Waals surface area (Å²) in [4.78, 5) is 17.4. The Balaban J connectivity index is 0.00000364. The highest BCUT2D eigenvalue weighted by Crippen LogP contribution is 2.14. The number of likely N-dealkylation sites (N-methyl/N-ethyl adjacent to an activating group) is 1. The molecule has 0 fully saturated rings. The van der Waals surface area contributed by atoms with Gasteiger partial charge in [0.05, 0.1) is 6.54 Å². The van der Waals surface area contributed by atoms with Crippen molar-refractivity contribution in [2.45, 2.75) is 19.9 Å². The number of hydrogen-bond donors (Lipinski definition) is 2. The number of aliphatic imine (C=N–C) groups is 1. The lowest BCUT2D eigenvalue weighted by atomic mass is 10.1. The predicted molar refractivity (Wildman–Crippen MR) is 121 cm³/mol. The van der Waals surface area contributed by atoms with Gasteiger partial charge in [0.25, 0.3) is 5.91 Å². The SMILES string of the molecule is CCc1ccc(NC(N)=NCc2cccc(OCC(=O)N(C)C)c2)cc1.I. The van der Waals surface area contributed by atoms with Gasteiger partial charge < -0.3 is 20.7 Å². The minimum atomic E-state index is -0.0871. The summed E-state index contributed by atoms with van der Waals surface area (Å²) in [6, 6.07) is 15.6. The molecule has 0 aromatic heterocycles. The predicted octanol–water partition coefficient (Wildman–Crippen LogP) is 3.26. The number of hydrogen-bond acceptors (Lipinski definition) is 3. The highest BCUT2D eigenvalue weighted by atomic mass is 127. The zero-order valence-electron chi connectivity index (χ0n) is 15.9. The summed E-state index contributed by atoms with van der Waals surface area (Å²) in [7, 11) is 3.39. The molecule has 0 radical (unpaired) electrons. The molecule has 0 saturated carbocycles. The van der Waals surface area contributed by atoms with E-state index in [0.29, 0.717) is 18.3 Å². The minimum Gasteiger partial charge on any atom is -0.484 e. The summed E-state index contributed by atoms with van der Waals surface area (Å²) < 4.78 is 5.51. The van der Waals surface area contributed by atoms with Crippen molar-refractivity contribution in [3.63, 3.8) is 0 Å². The molecule has 2 aromatic rings. The maximum absolute atomic E-state index is 11.6. The van der Waals surface area contributed by atoms with Crippen LogP contribution in [0.2, 0.25) is 0 Å². The largest absolute Gasteiger partial charge is 0.484 e. The number of ether oxygens (including phenoxy) is 1. The Morgan fingerprint density at radius 1 is 1.15 bits per heavy atom. The molecule has 3 N–H and O–H groups in total. The van der Waals surface area contributed by atoms with E-state index >= 15 is 0 Å². The molecular formula is C20H27IN4O2. The number of halogens is 1. The van der Waals surface area contributed by atoms with Crippen molar-refractivity contribution in [2.24, 2.45) is 10.7 Å². The van der Waals surface area contributed by atoms with Crippen molar-refractivity contribution in [1.82, 2.24) is 4.90 Å². The highest BCUT2D eigenvalue weighted by molar-refractivity contribution is 14.0. The number of amides is 1. The third kappa shape index (κ3) is 7.86. The summed E-state index contributed by atoms with van der Waals surface area (Å²) in [5.41, 5.74) is 9.08. The highest BCUT2D eigenvalue weighted by Gasteiger charge is 2.05. The number of aryl methyl sites for hydroxylation is 1. The second-order valence-corrected chi connectivity index (χ2v) is 6.10. The molecule has 0 saturated heterocycles. The first kappa shape index (κ1) is 22.8. The van der Waals surface area contributed by atoms with Crippen LogP contribution in [-0.4, -0.2) is 37.5 Å². The van der Waals surface area contributed by atoms with E-state index in [4.69, 9.17) is 10.5 Å². The molecule has 0 bridgehead atoms. The maximum atomic E-state index is 11.6. The maximum Gasteiger partial charge on any atom is 0.259 e. The topological polar surface area (TPSA) is 80.0 Å². The lowest BCUT2D eigenvalue weighted by Gasteiger charge is -2.11. The van der Waals surface area contributed by atoms with Crippen molar-refractivity contribution in [3.05, 3.63) is 59.7 Å². The van der Waals surface area contributed by atoms with Crippen LogP contribution in [0.3, 0.4) is 0 Å². The van der Waals surface area contributed by atoms with Gasteiger partial charge in [-0.1, -0.05) is 31.2 Å². The molecule has 0 aliphatic carbocycles. The summed E-state index contributed by atoms with van der Waals surface area (Å²) in [5, 5.41) is 3.08. The third-order valence-electron chi connectivity index (χ3n) is 3.83. The molecule has 2 rings (SSSR count). The fraction of sp³-hybridized carbons (Fsp3) is 0.300. The van der Waals surface area contributed by atoms with E-state index in [0.717, 1.165) is 17.7 Å². The fourth-order valence-corrected chi connectivity index (χ4v) is 2.20. The van der Waals surface area contributed by atoms with E-state index in [1.54, 1.807) is 14.1 Å². The van der Waals surface area contributed by atoms with Crippen molar-refractivity contribution >= 4 is 41.5 Å². The van der Waals surface area contributed by atoms with Crippen LogP contribution in [0.25, 0.3) is 0 Å². The van der Waals surface area contributed by atoms with Gasteiger partial charge in [-0.2, -0.15) is 0 Å². The normalized spacial score (nSPS) is 10.7. The number of rotatable bonds is 7. The van der Waals surface area contributed by atoms with Crippen LogP contribution in [0.1, 0.15) is 18.1 Å². The van der Waals surface area contributed by atoms with Gasteiger partial charge in [-0.25, -0.2) is 4.99 Å². The van der Waals surface area contributed by atoms with Gasteiger partial charge in [0.2, 0.25) is 0 Å². The average Bonchev–Trinajstić information content (AvgIpc) is 2.65. The Bertz CT molecular complexity index is 761. The second kappa shape index (κ2) is 11.4. The molecule has 1 amide bonds. The number of carbonyl (C=O) groups excluding carboxylic acids is 1. The van der Waals surface area contributed by atoms with Crippen LogP contribution in [0.5, 0.6) is 5.75 Å². The van der Waals surface area contributed by atoms with Gasteiger partial charge in [-0.3, -0.25) is 4.79 Å². The minimum absolute atomic E-state index is 0. The Kier molecular flexibility index (Phi) is 9.63. The molecule has 27 heavy (non-hydrogen) atoms. The van der Waals surface area contributed by atoms with Crippen molar-refractivity contribution < 1.29 is 9.53 Å². The van der Waals surface area contributed by atoms with Gasteiger partial charge in [0.15, 0.2) is 12.6 Å². The van der Waals surface area contributed by atoms with Crippen LogP contribution in [-0.2, 0) is 17.8 Å². The van der Waals surface area contributed by atoms with Crippen LogP contribution in [0.4, 0.5) is 5.69 Å². The number of carbonyl (C=O) groups is 1. The monoisotopic (exact) mass is 482 g/mol. The molecule has 6 nitrogen and oxygen atoms in total. The zero-order valence-corrected chi connectivity index (χ0v) is 18.3. The molecule has 0 spiro atoms. The van der Waals surface area contributed by atoms with Crippen molar-refractivity contribution in [1.29, 1.82) is 0 Å². The van der Waals surface area contributed by atoms with Crippen molar-refractivity contribution in [2.75, 3.05) is 26.0 Å². The first-order valence-corrected chi connectivity index (χ1v) is 8.55. The number of nitrogens with two attached hydrogens (primary N) is 1. The zero-order chi connectivity index (χ0) is 18.9. The summed E-state index contributed by atoms with van der Waals surface area (Å²) in [5.74, 6) is 0.897. The molecule has 2 aromatic carbocycles. The molecule has 146 valence electrons. The van der Waals surface area contributed by atoms with E-state index < -0.39 is 0 Å². The van der Waals surface area contributed by atoms with E-state index in [1.807, 2.05) is 36.4 Å². The molecular weight excluding hydrogens is 455 g/mol. The van der Waals surface area contributed by atoms with Crippen LogP contribution in [0.15, 0.2) is 53.5 Å². The first-order chi connectivity index (χ1) is 12.5. The van der Waals surface area contributed by atoms with Gasteiger partial charge in [-0.15, -0.1) is 24.0 Å². The van der Waals surface area contributed by atoms with Gasteiger partial charge >= 0.3 is 0 Å². The van der Waals surface area contributed by atoms with Crippen molar-refractivity contribution in [3.8, 4) is 5.75 Å². The summed E-state index contributed by atoms with van der Waals surface area (Å²) in [6.07, 6.45) is 1.00. The van der Waals surface area contributed by atoms with Crippen LogP contribution in [0, 0.1) is 0 Å². The number of benzene rings is 2. The van der Waals surface area contributed by atoms with E-state index in [2.05, 4.69) is 29.4 Å². The fourth-order valence-electron chi connectivity index (χ4n) is 2.20. The summed E-state index contributed by atoms with van der Waals surface area (Å²) >= 11 is 0. The summed E-state index contributed by atoms with van der Waals surface area (Å²) in [6.45, 7) is 2.55. The number of anilines is 1. The Morgan fingerprint density at radius 2 is 1.85 bits per heavy atom. The van der Waals surface area contributed by atoms with Gasteiger partial charge in [0.1, 0.15) is 5.75 Å². The lowest BCUT2D eigenvalue weighted by molar-refractivity contribution is -0.130. The Morgan fingerprint density at radius 3 is 2.48 bits per heavy atom. The number of guanidine groups is 1. The number of nitrogens with zero attached hydrogens (tertiary/aromatic N) is 2. The Labute approximate surface area is 177 Å². The standard InChI is InChI=1S/C20H26N4O2.HI/c1-4-15-8-10-17(11-9-15)23-20(21)22-13-16-6-5-7-18(12-16)26-14-19(25)24(2)3;/h5-12H,4,13-14H2,1-3H3,(H3,21,22,23);1H. The molecule has 0 aliphatic rings. The quantitative estimate of drug-likeness (QED) is 0.361. The Hall–Kier alpha value is -2.29. The van der Waals surface area contributed by atoms with E-state index in [1.165, 1.54) is 10.5 Å². The van der Waals surface area contributed by atoms with Crippen LogP contribution >= 0.6 is 24.0 Å². The van der Waals surface area contributed by atoms with E-state index in [-0.39, 0.29) is 36.5 Å². The second-order valence-electron chi connectivity index (χ2n) is 6.10. The average molecular weight is 482 g/mol. The molecule has 0 aliphatic heterocycles. The smallest absolute Gasteiger partial charge is 0.259 e. The van der Waals surface area contributed by atoms with Gasteiger partial charge in [-0.05, 0) is 41.8 Å². The lowest BCUT2D eigenvalue weighted by Crippen LogP contribution is -2.27. The van der Waals surface area contributed by atoms with Gasteiger partial charge in [0, 0.05) is 19.8 Å². The molecule has 0 unspecified atom stereocenters. The molecule has 7 heteroatoms. The first-order valence-electron chi connectivity index (χ1n) is 8.55. The van der Waals surface area contributed by atoms with Crippen LogP contribution < -0.4 is 15.8 Å². The van der Waals surface area contributed by atoms with E-state index in [9.17, 15) is 4.79 Å². The molecule has 0 heterocycles. The molecule has 0 atom stereocenters.